The number of rotatable bonds is 5. The van der Waals surface area contributed by atoms with Gasteiger partial charge in [0.25, 0.3) is 0 Å². The molecule has 4 aromatic rings. The second kappa shape index (κ2) is 7.53. The highest BCUT2D eigenvalue weighted by molar-refractivity contribution is 9.10. The first-order valence-electron chi connectivity index (χ1n) is 10.2. The number of hydrogen-bond donors (Lipinski definition) is 0. The molecule has 0 bridgehead atoms. The zero-order valence-corrected chi connectivity index (χ0v) is 19.6. The number of benzene rings is 1. The van der Waals surface area contributed by atoms with Crippen molar-refractivity contribution < 1.29 is 8.42 Å². The molecule has 5 rings (SSSR count). The second-order valence-corrected chi connectivity index (χ2v) is 11.0. The molecule has 1 saturated carbocycles. The molecule has 1 aliphatic rings. The molecule has 0 saturated heterocycles. The van der Waals surface area contributed by atoms with E-state index in [-0.39, 0.29) is 10.6 Å². The third-order valence-electron chi connectivity index (χ3n) is 5.75. The third kappa shape index (κ3) is 3.68. The SMILES string of the molecule is CCS(=O)(=O)c1cc(-c2ccc(C3CC3)cc2)cnc1-c1nc2cc(Br)cnc2n1C. The number of pyridine rings is 2. The van der Waals surface area contributed by atoms with Gasteiger partial charge in [-0.25, -0.2) is 18.4 Å². The second-order valence-electron chi connectivity index (χ2n) is 7.86. The van der Waals surface area contributed by atoms with Gasteiger partial charge in [0.1, 0.15) is 11.2 Å². The van der Waals surface area contributed by atoms with Crippen LogP contribution in [-0.2, 0) is 16.9 Å². The molecule has 1 aliphatic carbocycles. The Hall–Kier alpha value is -2.58. The Morgan fingerprint density at radius 1 is 1.06 bits per heavy atom. The molecule has 158 valence electrons. The Labute approximate surface area is 189 Å². The van der Waals surface area contributed by atoms with Crippen molar-refractivity contribution >= 4 is 36.9 Å². The van der Waals surface area contributed by atoms with Crippen LogP contribution in [0.1, 0.15) is 31.2 Å². The number of halogens is 1. The van der Waals surface area contributed by atoms with Gasteiger partial charge in [-0.05, 0) is 57.9 Å². The lowest BCUT2D eigenvalue weighted by Gasteiger charge is -2.11. The maximum Gasteiger partial charge on any atom is 0.180 e. The normalized spacial score (nSPS) is 14.3. The van der Waals surface area contributed by atoms with Crippen LogP contribution in [0.2, 0.25) is 0 Å². The topological polar surface area (TPSA) is 77.7 Å². The van der Waals surface area contributed by atoms with E-state index < -0.39 is 9.84 Å². The highest BCUT2D eigenvalue weighted by Gasteiger charge is 2.25. The molecule has 1 aromatic carbocycles. The zero-order chi connectivity index (χ0) is 21.8. The van der Waals surface area contributed by atoms with Gasteiger partial charge in [0.05, 0.1) is 10.6 Å². The summed E-state index contributed by atoms with van der Waals surface area (Å²) in [5.74, 6) is 1.14. The maximum absolute atomic E-state index is 13.0. The minimum Gasteiger partial charge on any atom is -0.310 e. The summed E-state index contributed by atoms with van der Waals surface area (Å²) in [6.07, 6.45) is 5.91. The summed E-state index contributed by atoms with van der Waals surface area (Å²) in [5, 5.41) is 0. The fourth-order valence-corrected chi connectivity index (χ4v) is 5.17. The Bertz CT molecular complexity index is 1410. The molecule has 31 heavy (non-hydrogen) atoms. The highest BCUT2D eigenvalue weighted by atomic mass is 79.9. The Kier molecular flexibility index (Phi) is 4.94. The summed E-state index contributed by atoms with van der Waals surface area (Å²) in [7, 11) is -1.71. The molecule has 0 radical (unpaired) electrons. The van der Waals surface area contributed by atoms with E-state index in [1.807, 2.05) is 25.2 Å². The van der Waals surface area contributed by atoms with Crippen LogP contribution >= 0.6 is 15.9 Å². The molecule has 0 N–H and O–H groups in total. The van der Waals surface area contributed by atoms with Crippen molar-refractivity contribution in [2.45, 2.75) is 30.6 Å². The lowest BCUT2D eigenvalue weighted by atomic mass is 10.0. The number of sulfone groups is 1. The fraction of sp³-hybridized carbons (Fsp3) is 0.261. The van der Waals surface area contributed by atoms with Gasteiger partial charge in [0, 0.05) is 29.5 Å². The summed E-state index contributed by atoms with van der Waals surface area (Å²) in [5.41, 5.74) is 4.75. The average molecular weight is 497 g/mol. The number of aromatic nitrogens is 4. The van der Waals surface area contributed by atoms with E-state index in [0.717, 1.165) is 15.6 Å². The fourth-order valence-electron chi connectivity index (χ4n) is 3.79. The molecule has 8 heteroatoms. The summed E-state index contributed by atoms with van der Waals surface area (Å²) in [4.78, 5) is 13.8. The van der Waals surface area contributed by atoms with Crippen molar-refractivity contribution in [2.24, 2.45) is 7.05 Å². The van der Waals surface area contributed by atoms with Crippen LogP contribution in [0, 0.1) is 0 Å². The van der Waals surface area contributed by atoms with E-state index >= 15 is 0 Å². The van der Waals surface area contributed by atoms with Gasteiger partial charge in [-0.1, -0.05) is 31.2 Å². The molecule has 0 spiro atoms. The smallest absolute Gasteiger partial charge is 0.180 e. The van der Waals surface area contributed by atoms with Crippen molar-refractivity contribution in [3.63, 3.8) is 0 Å². The molecule has 6 nitrogen and oxygen atoms in total. The molecule has 0 unspecified atom stereocenters. The van der Waals surface area contributed by atoms with Crippen LogP contribution in [0.5, 0.6) is 0 Å². The zero-order valence-electron chi connectivity index (χ0n) is 17.2. The average Bonchev–Trinajstić information content (AvgIpc) is 3.58. The van der Waals surface area contributed by atoms with Gasteiger partial charge in [-0.3, -0.25) is 4.98 Å². The van der Waals surface area contributed by atoms with E-state index in [0.29, 0.717) is 28.6 Å². The van der Waals surface area contributed by atoms with Crippen LogP contribution < -0.4 is 0 Å². The quantitative estimate of drug-likeness (QED) is 0.382. The molecule has 0 amide bonds. The first kappa shape index (κ1) is 20.3. The summed E-state index contributed by atoms with van der Waals surface area (Å²) < 4.78 is 28.6. The summed E-state index contributed by atoms with van der Waals surface area (Å²) >= 11 is 3.41. The first-order chi connectivity index (χ1) is 14.9. The van der Waals surface area contributed by atoms with E-state index in [1.54, 1.807) is 30.0 Å². The van der Waals surface area contributed by atoms with E-state index in [1.165, 1.54) is 18.4 Å². The predicted octanol–water partition coefficient (Wildman–Crippen LogP) is 5.13. The van der Waals surface area contributed by atoms with Gasteiger partial charge in [-0.15, -0.1) is 0 Å². The van der Waals surface area contributed by atoms with Crippen LogP contribution in [-0.4, -0.2) is 33.7 Å². The lowest BCUT2D eigenvalue weighted by molar-refractivity contribution is 0.597. The van der Waals surface area contributed by atoms with Crippen molar-refractivity contribution in [1.29, 1.82) is 0 Å². The van der Waals surface area contributed by atoms with Crippen molar-refractivity contribution in [3.05, 3.63) is 58.8 Å². The molecular weight excluding hydrogens is 476 g/mol. The Balaban J connectivity index is 1.66. The third-order valence-corrected chi connectivity index (χ3v) is 7.92. The maximum atomic E-state index is 13.0. The first-order valence-corrected chi connectivity index (χ1v) is 12.6. The van der Waals surface area contributed by atoms with Gasteiger partial charge in [-0.2, -0.15) is 0 Å². The molecular formula is C23H21BrN4O2S. The molecule has 3 heterocycles. The summed E-state index contributed by atoms with van der Waals surface area (Å²) in [6, 6.07) is 11.9. The number of imidazole rings is 1. The monoisotopic (exact) mass is 496 g/mol. The van der Waals surface area contributed by atoms with E-state index in [4.69, 9.17) is 0 Å². The van der Waals surface area contributed by atoms with Crippen molar-refractivity contribution in [2.75, 3.05) is 5.75 Å². The molecule has 1 fully saturated rings. The number of nitrogens with zero attached hydrogens (tertiary/aromatic N) is 4. The van der Waals surface area contributed by atoms with Crippen LogP contribution in [0.4, 0.5) is 0 Å². The van der Waals surface area contributed by atoms with Crippen molar-refractivity contribution in [3.8, 4) is 22.6 Å². The van der Waals surface area contributed by atoms with Crippen LogP contribution in [0.15, 0.2) is 58.2 Å². The molecule has 3 aromatic heterocycles. The predicted molar refractivity (Wildman–Crippen MR) is 125 cm³/mol. The highest BCUT2D eigenvalue weighted by Crippen LogP contribution is 2.40. The Morgan fingerprint density at radius 2 is 1.81 bits per heavy atom. The van der Waals surface area contributed by atoms with Crippen LogP contribution in [0.25, 0.3) is 33.8 Å². The number of fused-ring (bicyclic) bond motifs is 1. The van der Waals surface area contributed by atoms with Crippen LogP contribution in [0.3, 0.4) is 0 Å². The lowest BCUT2D eigenvalue weighted by Crippen LogP contribution is -2.09. The van der Waals surface area contributed by atoms with Gasteiger partial charge in [0.15, 0.2) is 21.3 Å². The minimum atomic E-state index is -3.53. The van der Waals surface area contributed by atoms with E-state index in [9.17, 15) is 8.42 Å². The molecule has 0 atom stereocenters. The van der Waals surface area contributed by atoms with Gasteiger partial charge < -0.3 is 4.57 Å². The van der Waals surface area contributed by atoms with E-state index in [2.05, 4.69) is 43.0 Å². The van der Waals surface area contributed by atoms with Gasteiger partial charge in [0.2, 0.25) is 0 Å². The number of hydrogen-bond acceptors (Lipinski definition) is 5. The van der Waals surface area contributed by atoms with Crippen molar-refractivity contribution in [1.82, 2.24) is 19.5 Å². The minimum absolute atomic E-state index is 0.0144. The number of aryl methyl sites for hydroxylation is 1. The Morgan fingerprint density at radius 3 is 2.48 bits per heavy atom. The largest absolute Gasteiger partial charge is 0.310 e. The summed E-state index contributed by atoms with van der Waals surface area (Å²) in [6.45, 7) is 1.64. The molecule has 0 aliphatic heterocycles. The van der Waals surface area contributed by atoms with Gasteiger partial charge >= 0.3 is 0 Å². The standard InChI is InChI=1S/C23H21BrN4O2S/c1-3-31(29,30)20-10-17(16-8-6-15(7-9-16)14-4-5-14)12-25-21(20)23-27-19-11-18(24)13-26-22(19)28(23)2/h6-14H,3-5H2,1-2H3.